The Morgan fingerprint density at radius 3 is 2.36 bits per heavy atom. The van der Waals surface area contributed by atoms with Gasteiger partial charge < -0.3 is 14.7 Å². The molecule has 6 heteroatoms. The Morgan fingerprint density at radius 1 is 0.857 bits per heavy atom. The Bertz CT molecular complexity index is 768. The molecule has 2 aromatic rings. The van der Waals surface area contributed by atoms with Gasteiger partial charge in [-0.2, -0.15) is 4.98 Å². The molecule has 0 bridgehead atoms. The molecule has 4 rings (SSSR count). The summed E-state index contributed by atoms with van der Waals surface area (Å²) in [6, 6.07) is 12.2. The Balaban J connectivity index is 1.29. The van der Waals surface area contributed by atoms with Crippen LogP contribution in [0, 0.1) is 0 Å². The average molecular weight is 380 g/mol. The molecule has 0 unspecified atom stereocenters. The van der Waals surface area contributed by atoms with E-state index in [1.807, 2.05) is 35.4 Å². The van der Waals surface area contributed by atoms with Crippen molar-refractivity contribution in [1.82, 2.24) is 14.9 Å². The Labute approximate surface area is 167 Å². The van der Waals surface area contributed by atoms with Crippen LogP contribution in [0.3, 0.4) is 0 Å². The summed E-state index contributed by atoms with van der Waals surface area (Å²) in [5.41, 5.74) is 1.22. The molecule has 0 radical (unpaired) electrons. The second-order valence-corrected chi connectivity index (χ2v) is 7.62. The van der Waals surface area contributed by atoms with E-state index in [-0.39, 0.29) is 5.91 Å². The van der Waals surface area contributed by atoms with Crippen molar-refractivity contribution in [1.29, 1.82) is 0 Å². The zero-order valence-electron chi connectivity index (χ0n) is 16.5. The van der Waals surface area contributed by atoms with Gasteiger partial charge in [-0.05, 0) is 37.3 Å². The van der Waals surface area contributed by atoms with Crippen LogP contribution in [0.4, 0.5) is 11.8 Å². The second kappa shape index (κ2) is 9.04. The molecule has 1 amide bonds. The van der Waals surface area contributed by atoms with Crippen LogP contribution in [0.2, 0.25) is 0 Å². The van der Waals surface area contributed by atoms with Gasteiger partial charge in [-0.25, -0.2) is 4.98 Å². The fourth-order valence-corrected chi connectivity index (χ4v) is 4.00. The highest BCUT2D eigenvalue weighted by molar-refractivity contribution is 5.76. The zero-order valence-corrected chi connectivity index (χ0v) is 16.5. The van der Waals surface area contributed by atoms with E-state index in [1.165, 1.54) is 24.8 Å². The quantitative estimate of drug-likeness (QED) is 0.800. The first-order valence-corrected chi connectivity index (χ1v) is 10.4. The molecule has 0 N–H and O–H groups in total. The van der Waals surface area contributed by atoms with Gasteiger partial charge >= 0.3 is 0 Å². The van der Waals surface area contributed by atoms with Crippen molar-refractivity contribution >= 4 is 17.7 Å². The normalized spacial score (nSPS) is 17.6. The van der Waals surface area contributed by atoms with E-state index in [9.17, 15) is 4.79 Å². The summed E-state index contributed by atoms with van der Waals surface area (Å²) in [5.74, 6) is 2.07. The largest absolute Gasteiger partial charge is 0.353 e. The Morgan fingerprint density at radius 2 is 1.61 bits per heavy atom. The number of aryl methyl sites for hydroxylation is 1. The zero-order chi connectivity index (χ0) is 19.2. The number of carbonyl (C=O) groups is 1. The van der Waals surface area contributed by atoms with Crippen LogP contribution in [-0.4, -0.2) is 60.0 Å². The maximum atomic E-state index is 12.6. The van der Waals surface area contributed by atoms with Crippen molar-refractivity contribution < 1.29 is 4.79 Å². The topological polar surface area (TPSA) is 52.6 Å². The van der Waals surface area contributed by atoms with E-state index in [0.717, 1.165) is 57.5 Å². The lowest BCUT2D eigenvalue weighted by Crippen LogP contribution is -2.49. The van der Waals surface area contributed by atoms with Crippen LogP contribution >= 0.6 is 0 Å². The number of carbonyl (C=O) groups excluding carboxylic acids is 1. The molecule has 28 heavy (non-hydrogen) atoms. The summed E-state index contributed by atoms with van der Waals surface area (Å²) in [6.45, 7) is 5.27. The van der Waals surface area contributed by atoms with E-state index in [2.05, 4.69) is 26.9 Å². The van der Waals surface area contributed by atoms with Gasteiger partial charge in [0, 0.05) is 51.9 Å². The predicted octanol–water partition coefficient (Wildman–Crippen LogP) is 2.75. The fraction of sp³-hybridized carbons (Fsp3) is 0.500. The maximum absolute atomic E-state index is 12.6. The third-order valence-electron chi connectivity index (χ3n) is 5.69. The summed E-state index contributed by atoms with van der Waals surface area (Å²) in [5, 5.41) is 0. The molecular formula is C22H29N5O. The van der Waals surface area contributed by atoms with Crippen molar-refractivity contribution in [3.05, 3.63) is 48.2 Å². The van der Waals surface area contributed by atoms with Crippen LogP contribution in [0.1, 0.15) is 31.2 Å². The standard InChI is InChI=1S/C22H29N5O/c28-21(10-9-19-7-3-1-4-8-19)26-17-15-25(16-18-26)20-11-12-23-22(24-20)27-13-5-2-6-14-27/h1,3-4,7-8,11-12H,2,5-6,9-10,13-18H2. The van der Waals surface area contributed by atoms with Crippen LogP contribution in [0.5, 0.6) is 0 Å². The van der Waals surface area contributed by atoms with E-state index < -0.39 is 0 Å². The van der Waals surface area contributed by atoms with Gasteiger partial charge in [0.1, 0.15) is 5.82 Å². The molecule has 2 aliphatic heterocycles. The van der Waals surface area contributed by atoms with Gasteiger partial charge in [0.2, 0.25) is 11.9 Å². The smallest absolute Gasteiger partial charge is 0.227 e. The number of hydrogen-bond acceptors (Lipinski definition) is 5. The number of piperidine rings is 1. The molecule has 1 aromatic carbocycles. The first-order chi connectivity index (χ1) is 13.8. The molecule has 0 saturated carbocycles. The first kappa shape index (κ1) is 18.7. The molecule has 2 fully saturated rings. The van der Waals surface area contributed by atoms with Gasteiger partial charge in [0.05, 0.1) is 0 Å². The minimum Gasteiger partial charge on any atom is -0.353 e. The number of anilines is 2. The van der Waals surface area contributed by atoms with Crippen molar-refractivity contribution in [2.75, 3.05) is 49.1 Å². The molecule has 0 spiro atoms. The highest BCUT2D eigenvalue weighted by Gasteiger charge is 2.22. The molecule has 0 aliphatic carbocycles. The van der Waals surface area contributed by atoms with E-state index in [4.69, 9.17) is 4.98 Å². The number of hydrogen-bond donors (Lipinski definition) is 0. The van der Waals surface area contributed by atoms with Gasteiger partial charge in [-0.1, -0.05) is 30.3 Å². The SMILES string of the molecule is O=C(CCc1ccccc1)N1CCN(c2ccnc(N3CCCCC3)n2)CC1. The molecule has 148 valence electrons. The lowest BCUT2D eigenvalue weighted by atomic mass is 10.1. The summed E-state index contributed by atoms with van der Waals surface area (Å²) in [7, 11) is 0. The highest BCUT2D eigenvalue weighted by atomic mass is 16.2. The maximum Gasteiger partial charge on any atom is 0.227 e. The first-order valence-electron chi connectivity index (χ1n) is 10.4. The summed E-state index contributed by atoms with van der Waals surface area (Å²) in [6.07, 6.45) is 7.00. The lowest BCUT2D eigenvalue weighted by molar-refractivity contribution is -0.131. The number of aromatic nitrogens is 2. The average Bonchev–Trinajstić information content (AvgIpc) is 2.79. The monoisotopic (exact) mass is 379 g/mol. The number of amides is 1. The minimum absolute atomic E-state index is 0.250. The third-order valence-corrected chi connectivity index (χ3v) is 5.69. The Hall–Kier alpha value is -2.63. The molecule has 2 saturated heterocycles. The van der Waals surface area contributed by atoms with Crippen molar-refractivity contribution in [3.8, 4) is 0 Å². The molecule has 3 heterocycles. The van der Waals surface area contributed by atoms with Crippen LogP contribution in [0.25, 0.3) is 0 Å². The summed E-state index contributed by atoms with van der Waals surface area (Å²) >= 11 is 0. The van der Waals surface area contributed by atoms with Gasteiger partial charge in [-0.15, -0.1) is 0 Å². The van der Waals surface area contributed by atoms with Crippen LogP contribution < -0.4 is 9.80 Å². The summed E-state index contributed by atoms with van der Waals surface area (Å²) < 4.78 is 0. The molecule has 2 aliphatic rings. The van der Waals surface area contributed by atoms with Crippen molar-refractivity contribution in [2.45, 2.75) is 32.1 Å². The second-order valence-electron chi connectivity index (χ2n) is 7.62. The molecule has 1 aromatic heterocycles. The molecule has 0 atom stereocenters. The number of rotatable bonds is 5. The summed E-state index contributed by atoms with van der Waals surface area (Å²) in [4.78, 5) is 28.4. The number of nitrogens with zero attached hydrogens (tertiary/aromatic N) is 5. The highest BCUT2D eigenvalue weighted by Crippen LogP contribution is 2.20. The predicted molar refractivity (Wildman–Crippen MR) is 112 cm³/mol. The van der Waals surface area contributed by atoms with Gasteiger partial charge in [0.15, 0.2) is 0 Å². The lowest BCUT2D eigenvalue weighted by Gasteiger charge is -2.36. The van der Waals surface area contributed by atoms with E-state index >= 15 is 0 Å². The van der Waals surface area contributed by atoms with Gasteiger partial charge in [-0.3, -0.25) is 4.79 Å². The van der Waals surface area contributed by atoms with Gasteiger partial charge in [0.25, 0.3) is 0 Å². The van der Waals surface area contributed by atoms with E-state index in [0.29, 0.717) is 6.42 Å². The number of piperazine rings is 1. The van der Waals surface area contributed by atoms with Crippen LogP contribution in [-0.2, 0) is 11.2 Å². The van der Waals surface area contributed by atoms with Crippen molar-refractivity contribution in [3.63, 3.8) is 0 Å². The fourth-order valence-electron chi connectivity index (χ4n) is 4.00. The van der Waals surface area contributed by atoms with E-state index in [1.54, 1.807) is 0 Å². The molecule has 6 nitrogen and oxygen atoms in total. The number of benzene rings is 1. The van der Waals surface area contributed by atoms with Crippen LogP contribution in [0.15, 0.2) is 42.6 Å². The third kappa shape index (κ3) is 4.61. The van der Waals surface area contributed by atoms with Crippen molar-refractivity contribution in [2.24, 2.45) is 0 Å². The minimum atomic E-state index is 0.250. The Kier molecular flexibility index (Phi) is 6.04. The molecular weight excluding hydrogens is 350 g/mol.